The lowest BCUT2D eigenvalue weighted by atomic mass is 9.70. The molecule has 0 aromatic carbocycles. The van der Waals surface area contributed by atoms with E-state index >= 15 is 0 Å². The summed E-state index contributed by atoms with van der Waals surface area (Å²) >= 11 is 0. The fourth-order valence-electron chi connectivity index (χ4n) is 3.48. The van der Waals surface area contributed by atoms with Gasteiger partial charge in [0.05, 0.1) is 6.10 Å². The van der Waals surface area contributed by atoms with Crippen molar-refractivity contribution in [2.75, 3.05) is 0 Å². The first-order valence-corrected chi connectivity index (χ1v) is 5.18. The third kappa shape index (κ3) is 1.10. The van der Waals surface area contributed by atoms with Gasteiger partial charge in [0.25, 0.3) is 0 Å². The molecule has 1 N–H and O–H groups in total. The minimum absolute atomic E-state index is 0.00347. The molecule has 1 heteroatoms. The van der Waals surface area contributed by atoms with Gasteiger partial charge in [0, 0.05) is 0 Å². The zero-order valence-corrected chi connectivity index (χ0v) is 8.38. The Morgan fingerprint density at radius 3 is 2.00 bits per heavy atom. The summed E-state index contributed by atoms with van der Waals surface area (Å²) in [6, 6.07) is 0. The molecule has 0 aromatic heterocycles. The first-order chi connectivity index (χ1) is 5.50. The lowest BCUT2D eigenvalue weighted by Crippen LogP contribution is -2.36. The van der Waals surface area contributed by atoms with E-state index < -0.39 is 0 Å². The molecule has 0 spiro atoms. The monoisotopic (exact) mass is 168 g/mol. The van der Waals surface area contributed by atoms with Gasteiger partial charge in [-0.3, -0.25) is 0 Å². The zero-order valence-electron chi connectivity index (χ0n) is 8.38. The highest BCUT2D eigenvalue weighted by Gasteiger charge is 2.50. The van der Waals surface area contributed by atoms with E-state index in [1.54, 1.807) is 0 Å². The van der Waals surface area contributed by atoms with Crippen LogP contribution in [-0.4, -0.2) is 11.2 Å². The van der Waals surface area contributed by atoms with E-state index in [9.17, 15) is 5.11 Å². The summed E-state index contributed by atoms with van der Waals surface area (Å²) in [7, 11) is 0. The quantitative estimate of drug-likeness (QED) is 0.589. The fraction of sp³-hybridized carbons (Fsp3) is 1.00. The van der Waals surface area contributed by atoms with Gasteiger partial charge in [0.1, 0.15) is 0 Å². The van der Waals surface area contributed by atoms with E-state index in [1.807, 2.05) is 0 Å². The maximum absolute atomic E-state index is 10.0. The van der Waals surface area contributed by atoms with Crippen molar-refractivity contribution in [3.63, 3.8) is 0 Å². The summed E-state index contributed by atoms with van der Waals surface area (Å²) in [4.78, 5) is 0. The molecular formula is C11H20O. The van der Waals surface area contributed by atoms with Gasteiger partial charge in [-0.2, -0.15) is 0 Å². The van der Waals surface area contributed by atoms with Crippen LogP contribution in [0.15, 0.2) is 0 Å². The number of fused-ring (bicyclic) bond motifs is 2. The van der Waals surface area contributed by atoms with Crippen molar-refractivity contribution in [2.45, 2.75) is 46.1 Å². The van der Waals surface area contributed by atoms with Crippen LogP contribution in [0.2, 0.25) is 0 Å². The second-order valence-electron chi connectivity index (χ2n) is 5.72. The van der Waals surface area contributed by atoms with Gasteiger partial charge in [-0.25, -0.2) is 0 Å². The van der Waals surface area contributed by atoms with E-state index in [0.29, 0.717) is 17.3 Å². The molecule has 1 nitrogen and oxygen atoms in total. The molecule has 2 aliphatic carbocycles. The average Bonchev–Trinajstić information content (AvgIpc) is 2.42. The van der Waals surface area contributed by atoms with Crippen LogP contribution in [0.4, 0.5) is 0 Å². The van der Waals surface area contributed by atoms with Crippen molar-refractivity contribution in [2.24, 2.45) is 23.2 Å². The highest BCUT2D eigenvalue weighted by Crippen LogP contribution is 2.54. The molecule has 12 heavy (non-hydrogen) atoms. The summed E-state index contributed by atoms with van der Waals surface area (Å²) in [6.07, 6.45) is 3.94. The number of hydrogen-bond acceptors (Lipinski definition) is 1. The van der Waals surface area contributed by atoms with E-state index in [2.05, 4.69) is 20.8 Å². The minimum Gasteiger partial charge on any atom is -0.393 e. The van der Waals surface area contributed by atoms with E-state index in [0.717, 1.165) is 5.92 Å². The highest BCUT2D eigenvalue weighted by molar-refractivity contribution is 5.00. The van der Waals surface area contributed by atoms with Crippen LogP contribution < -0.4 is 0 Å². The number of rotatable bonds is 0. The second-order valence-corrected chi connectivity index (χ2v) is 5.72. The standard InChI is InChI=1S/C11H20O/c1-11(2,3)9-7-4-5-8(6-7)10(9)12/h7-10,12H,4-6H2,1-3H3/t7-,8+,9+,10-/m1/s1. The van der Waals surface area contributed by atoms with Gasteiger partial charge in [0.15, 0.2) is 0 Å². The van der Waals surface area contributed by atoms with Crippen molar-refractivity contribution in [1.29, 1.82) is 0 Å². The van der Waals surface area contributed by atoms with E-state index in [4.69, 9.17) is 0 Å². The third-order valence-corrected chi connectivity index (χ3v) is 3.87. The Hall–Kier alpha value is -0.0400. The van der Waals surface area contributed by atoms with Crippen LogP contribution in [0.1, 0.15) is 40.0 Å². The molecule has 0 aromatic rings. The molecule has 0 heterocycles. The van der Waals surface area contributed by atoms with Crippen LogP contribution in [0.5, 0.6) is 0 Å². The molecule has 2 saturated carbocycles. The summed E-state index contributed by atoms with van der Waals surface area (Å²) in [6.45, 7) is 6.80. The molecule has 0 unspecified atom stereocenters. The average molecular weight is 168 g/mol. The number of hydrogen-bond donors (Lipinski definition) is 1. The maximum atomic E-state index is 10.0. The van der Waals surface area contributed by atoms with Crippen LogP contribution in [0.25, 0.3) is 0 Å². The molecule has 2 fully saturated rings. The Morgan fingerprint density at radius 2 is 1.67 bits per heavy atom. The minimum atomic E-state index is 0.00347. The highest BCUT2D eigenvalue weighted by atomic mass is 16.3. The van der Waals surface area contributed by atoms with E-state index in [-0.39, 0.29) is 6.10 Å². The molecule has 2 rings (SSSR count). The zero-order chi connectivity index (χ0) is 8.93. The van der Waals surface area contributed by atoms with Crippen LogP contribution in [-0.2, 0) is 0 Å². The Morgan fingerprint density at radius 1 is 1.08 bits per heavy atom. The Balaban J connectivity index is 2.17. The largest absolute Gasteiger partial charge is 0.393 e. The predicted octanol–water partition coefficient (Wildman–Crippen LogP) is 2.44. The lowest BCUT2D eigenvalue weighted by molar-refractivity contribution is 0.00240. The maximum Gasteiger partial charge on any atom is 0.0604 e. The molecule has 70 valence electrons. The van der Waals surface area contributed by atoms with Gasteiger partial charge in [-0.05, 0) is 42.4 Å². The van der Waals surface area contributed by atoms with Crippen molar-refractivity contribution < 1.29 is 5.11 Å². The first-order valence-electron chi connectivity index (χ1n) is 5.18. The smallest absolute Gasteiger partial charge is 0.0604 e. The molecule has 0 amide bonds. The van der Waals surface area contributed by atoms with Gasteiger partial charge >= 0.3 is 0 Å². The van der Waals surface area contributed by atoms with Crippen LogP contribution in [0, 0.1) is 23.2 Å². The van der Waals surface area contributed by atoms with Gasteiger partial charge in [-0.1, -0.05) is 20.8 Å². The van der Waals surface area contributed by atoms with Crippen molar-refractivity contribution in [3.8, 4) is 0 Å². The molecule has 0 aliphatic heterocycles. The van der Waals surface area contributed by atoms with Gasteiger partial charge < -0.3 is 5.11 Å². The van der Waals surface area contributed by atoms with Crippen molar-refractivity contribution >= 4 is 0 Å². The molecule has 4 atom stereocenters. The summed E-state index contributed by atoms with van der Waals surface area (Å²) in [5, 5.41) is 10.0. The van der Waals surface area contributed by atoms with Gasteiger partial charge in [0.2, 0.25) is 0 Å². The fourth-order valence-corrected chi connectivity index (χ4v) is 3.48. The molecule has 0 radical (unpaired) electrons. The molecule has 2 aliphatic rings. The number of aliphatic hydroxyl groups is 1. The Bertz CT molecular complexity index is 178. The Kier molecular flexibility index (Phi) is 1.76. The van der Waals surface area contributed by atoms with Crippen LogP contribution in [0.3, 0.4) is 0 Å². The normalized spacial score (nSPS) is 47.0. The van der Waals surface area contributed by atoms with Crippen LogP contribution >= 0.6 is 0 Å². The molecule has 2 bridgehead atoms. The summed E-state index contributed by atoms with van der Waals surface area (Å²) in [5.74, 6) is 2.03. The Labute approximate surface area is 75.2 Å². The van der Waals surface area contributed by atoms with E-state index in [1.165, 1.54) is 19.3 Å². The lowest BCUT2D eigenvalue weighted by Gasteiger charge is -2.37. The third-order valence-electron chi connectivity index (χ3n) is 3.87. The van der Waals surface area contributed by atoms with Crippen molar-refractivity contribution in [1.82, 2.24) is 0 Å². The summed E-state index contributed by atoms with van der Waals surface area (Å²) in [5.41, 5.74) is 0.305. The SMILES string of the molecule is CC(C)(C)[C@H]1[C@@H]2CC[C@@H](C2)[C@H]1O. The predicted molar refractivity (Wildman–Crippen MR) is 49.8 cm³/mol. The molecule has 0 saturated heterocycles. The number of aliphatic hydroxyl groups excluding tert-OH is 1. The first kappa shape index (κ1) is 8.55. The topological polar surface area (TPSA) is 20.2 Å². The summed E-state index contributed by atoms with van der Waals surface area (Å²) < 4.78 is 0. The van der Waals surface area contributed by atoms with Crippen molar-refractivity contribution in [3.05, 3.63) is 0 Å². The second kappa shape index (κ2) is 2.47. The van der Waals surface area contributed by atoms with Gasteiger partial charge in [-0.15, -0.1) is 0 Å². The molecular weight excluding hydrogens is 148 g/mol.